The predicted octanol–water partition coefficient (Wildman–Crippen LogP) is 4.78. The molecule has 1 amide bonds. The Morgan fingerprint density at radius 3 is 2.65 bits per heavy atom. The molecule has 2 aromatic heterocycles. The number of carbonyl (C=O) groups is 1. The summed E-state index contributed by atoms with van der Waals surface area (Å²) in [6.07, 6.45) is 1.63. The van der Waals surface area contributed by atoms with E-state index in [2.05, 4.69) is 31.2 Å². The Morgan fingerprint density at radius 1 is 1.16 bits per heavy atom. The third kappa shape index (κ3) is 4.88. The summed E-state index contributed by atoms with van der Waals surface area (Å²) in [6.45, 7) is 3.98. The molecule has 0 unspecified atom stereocenters. The first-order chi connectivity index (χ1) is 14.9. The van der Waals surface area contributed by atoms with Crippen molar-refractivity contribution in [2.75, 3.05) is 5.32 Å². The van der Waals surface area contributed by atoms with E-state index in [-0.39, 0.29) is 17.5 Å². The minimum absolute atomic E-state index is 0.118. The van der Waals surface area contributed by atoms with E-state index in [4.69, 9.17) is 0 Å². The van der Waals surface area contributed by atoms with Crippen molar-refractivity contribution in [3.8, 4) is 0 Å². The van der Waals surface area contributed by atoms with Crippen LogP contribution in [0.3, 0.4) is 0 Å². The van der Waals surface area contributed by atoms with Crippen molar-refractivity contribution in [2.45, 2.75) is 30.5 Å². The minimum Gasteiger partial charge on any atom is -0.322 e. The number of nitrogens with one attached hydrogen (secondary N) is 1. The lowest BCUT2D eigenvalue weighted by atomic mass is 10.2. The summed E-state index contributed by atoms with van der Waals surface area (Å²) in [4.78, 5) is 34.6. The van der Waals surface area contributed by atoms with E-state index in [0.717, 1.165) is 9.37 Å². The highest BCUT2D eigenvalue weighted by Gasteiger charge is 2.11. The van der Waals surface area contributed by atoms with Crippen LogP contribution in [-0.2, 0) is 5.75 Å². The number of thioether (sulfide) groups is 1. The Hall–Kier alpha value is -2.91. The van der Waals surface area contributed by atoms with Crippen LogP contribution in [-0.4, -0.2) is 25.1 Å². The van der Waals surface area contributed by atoms with Crippen molar-refractivity contribution < 1.29 is 4.79 Å². The summed E-state index contributed by atoms with van der Waals surface area (Å²) in [5.41, 5.74) is 1.83. The molecule has 4 aromatic rings. The molecule has 0 radical (unpaired) electrons. The van der Waals surface area contributed by atoms with Crippen molar-refractivity contribution in [3.05, 3.63) is 87.0 Å². The summed E-state index contributed by atoms with van der Waals surface area (Å²) < 4.78 is 4.11. The first-order valence-corrected chi connectivity index (χ1v) is 11.4. The predicted molar refractivity (Wildman–Crippen MR) is 126 cm³/mol. The molecule has 0 saturated carbocycles. The van der Waals surface area contributed by atoms with E-state index in [9.17, 15) is 9.59 Å². The standard InChI is InChI=1S/C22H20BrN5O2S/c1-14(2)27-13-24-22-26-18(11-20(29)28(22)27)12-31-19-8-6-17(7-9-19)25-21(30)15-4-3-5-16(23)10-15/h3-11,13-14H,12H2,1-2H3,(H,25,30). The molecule has 158 valence electrons. The van der Waals surface area contributed by atoms with Gasteiger partial charge in [-0.25, -0.2) is 4.98 Å². The van der Waals surface area contributed by atoms with Gasteiger partial charge in [-0.15, -0.1) is 11.8 Å². The number of fused-ring (bicyclic) bond motifs is 1. The van der Waals surface area contributed by atoms with Gasteiger partial charge in [0.1, 0.15) is 6.33 Å². The molecule has 31 heavy (non-hydrogen) atoms. The molecular weight excluding hydrogens is 478 g/mol. The van der Waals surface area contributed by atoms with Gasteiger partial charge in [0, 0.05) is 38.5 Å². The van der Waals surface area contributed by atoms with E-state index in [1.807, 2.05) is 50.2 Å². The molecular formula is C22H20BrN5O2S. The maximum absolute atomic E-state index is 12.5. The van der Waals surface area contributed by atoms with Crippen LogP contribution < -0.4 is 10.9 Å². The molecule has 4 rings (SSSR count). The molecule has 2 aromatic carbocycles. The number of benzene rings is 2. The Kier molecular flexibility index (Phi) is 6.24. The van der Waals surface area contributed by atoms with Crippen LogP contribution in [0.15, 0.2) is 75.1 Å². The van der Waals surface area contributed by atoms with Gasteiger partial charge in [0.05, 0.1) is 5.69 Å². The summed E-state index contributed by atoms with van der Waals surface area (Å²) >= 11 is 4.94. The third-order valence-corrected chi connectivity index (χ3v) is 6.11. The Morgan fingerprint density at radius 2 is 1.94 bits per heavy atom. The monoisotopic (exact) mass is 497 g/mol. The fourth-order valence-electron chi connectivity index (χ4n) is 3.04. The van der Waals surface area contributed by atoms with Gasteiger partial charge in [-0.05, 0) is 56.3 Å². The molecule has 2 heterocycles. The second-order valence-corrected chi connectivity index (χ2v) is 9.16. The largest absolute Gasteiger partial charge is 0.322 e. The quantitative estimate of drug-likeness (QED) is 0.387. The van der Waals surface area contributed by atoms with Crippen LogP contribution in [0.1, 0.15) is 35.9 Å². The molecule has 1 N–H and O–H groups in total. The number of hydrogen-bond acceptors (Lipinski definition) is 5. The lowest BCUT2D eigenvalue weighted by Gasteiger charge is -2.09. The molecule has 7 nitrogen and oxygen atoms in total. The zero-order valence-electron chi connectivity index (χ0n) is 16.9. The highest BCUT2D eigenvalue weighted by molar-refractivity contribution is 9.10. The zero-order chi connectivity index (χ0) is 22.0. The molecule has 0 aliphatic carbocycles. The topological polar surface area (TPSA) is 81.3 Å². The minimum atomic E-state index is -0.166. The molecule has 0 saturated heterocycles. The van der Waals surface area contributed by atoms with Crippen LogP contribution in [0.25, 0.3) is 5.78 Å². The SMILES string of the molecule is CC(C)n1cnc2nc(CSc3ccc(NC(=O)c4cccc(Br)c4)cc3)cc(=O)n21. The van der Waals surface area contributed by atoms with Gasteiger partial charge in [-0.2, -0.15) is 9.50 Å². The maximum atomic E-state index is 12.5. The summed E-state index contributed by atoms with van der Waals surface area (Å²) in [5.74, 6) is 0.784. The molecule has 0 spiro atoms. The lowest BCUT2D eigenvalue weighted by Crippen LogP contribution is -2.22. The number of amides is 1. The second-order valence-electron chi connectivity index (χ2n) is 7.19. The number of nitrogens with zero attached hydrogens (tertiary/aromatic N) is 4. The van der Waals surface area contributed by atoms with Crippen molar-refractivity contribution in [1.82, 2.24) is 19.2 Å². The van der Waals surface area contributed by atoms with Crippen LogP contribution in [0, 0.1) is 0 Å². The van der Waals surface area contributed by atoms with Crippen molar-refractivity contribution in [3.63, 3.8) is 0 Å². The fourth-order valence-corrected chi connectivity index (χ4v) is 4.23. The lowest BCUT2D eigenvalue weighted by molar-refractivity contribution is 0.102. The van der Waals surface area contributed by atoms with Gasteiger partial charge in [0.15, 0.2) is 0 Å². The maximum Gasteiger partial charge on any atom is 0.274 e. The Balaban J connectivity index is 1.41. The molecule has 9 heteroatoms. The summed E-state index contributed by atoms with van der Waals surface area (Å²) in [5, 5.41) is 2.89. The van der Waals surface area contributed by atoms with Gasteiger partial charge in [0.25, 0.3) is 17.2 Å². The van der Waals surface area contributed by atoms with Gasteiger partial charge in [0.2, 0.25) is 0 Å². The van der Waals surface area contributed by atoms with Gasteiger partial charge in [-0.1, -0.05) is 22.0 Å². The van der Waals surface area contributed by atoms with E-state index >= 15 is 0 Å². The smallest absolute Gasteiger partial charge is 0.274 e. The first kappa shape index (κ1) is 21.3. The average Bonchev–Trinajstić information content (AvgIpc) is 3.18. The van der Waals surface area contributed by atoms with Gasteiger partial charge < -0.3 is 5.32 Å². The van der Waals surface area contributed by atoms with Crippen molar-refractivity contribution >= 4 is 45.1 Å². The molecule has 0 fully saturated rings. The number of hydrogen-bond donors (Lipinski definition) is 1. The van der Waals surface area contributed by atoms with Crippen molar-refractivity contribution in [1.29, 1.82) is 0 Å². The van der Waals surface area contributed by atoms with Crippen LogP contribution in [0.5, 0.6) is 0 Å². The van der Waals surface area contributed by atoms with E-state index in [1.165, 1.54) is 4.52 Å². The highest BCUT2D eigenvalue weighted by Crippen LogP contribution is 2.24. The van der Waals surface area contributed by atoms with Gasteiger partial charge in [-0.3, -0.25) is 14.3 Å². The molecule has 0 aliphatic rings. The Bertz CT molecular complexity index is 1300. The molecule has 0 bridgehead atoms. The fraction of sp³-hybridized carbons (Fsp3) is 0.182. The van der Waals surface area contributed by atoms with E-state index in [1.54, 1.807) is 41.0 Å². The number of halogens is 1. The summed E-state index contributed by atoms with van der Waals surface area (Å²) in [6, 6.07) is 16.5. The number of rotatable bonds is 6. The number of anilines is 1. The van der Waals surface area contributed by atoms with Crippen LogP contribution in [0.2, 0.25) is 0 Å². The van der Waals surface area contributed by atoms with E-state index in [0.29, 0.717) is 28.5 Å². The number of aromatic nitrogens is 4. The normalized spacial score (nSPS) is 11.2. The first-order valence-electron chi connectivity index (χ1n) is 9.66. The molecule has 0 atom stereocenters. The van der Waals surface area contributed by atoms with E-state index < -0.39 is 0 Å². The highest BCUT2D eigenvalue weighted by atomic mass is 79.9. The van der Waals surface area contributed by atoms with Crippen LogP contribution >= 0.6 is 27.7 Å². The van der Waals surface area contributed by atoms with Crippen molar-refractivity contribution in [2.24, 2.45) is 0 Å². The zero-order valence-corrected chi connectivity index (χ0v) is 19.4. The molecule has 0 aliphatic heterocycles. The second kappa shape index (κ2) is 9.07. The summed E-state index contributed by atoms with van der Waals surface area (Å²) in [7, 11) is 0. The van der Waals surface area contributed by atoms with Crippen LogP contribution in [0.4, 0.5) is 5.69 Å². The third-order valence-electron chi connectivity index (χ3n) is 4.57. The average molecular weight is 498 g/mol. The van der Waals surface area contributed by atoms with Gasteiger partial charge >= 0.3 is 0 Å². The number of carbonyl (C=O) groups excluding carboxylic acids is 1. The Labute approximate surface area is 191 Å².